The predicted octanol–water partition coefficient (Wildman–Crippen LogP) is 4.68. The Morgan fingerprint density at radius 2 is 2.03 bits per heavy atom. The van der Waals surface area contributed by atoms with Crippen LogP contribution in [0.3, 0.4) is 0 Å². The van der Waals surface area contributed by atoms with Gasteiger partial charge < -0.3 is 15.8 Å². The zero-order valence-electron chi connectivity index (χ0n) is 21.2. The van der Waals surface area contributed by atoms with E-state index in [9.17, 15) is 14.9 Å². The number of H-pyrrole nitrogens is 1. The Labute approximate surface area is 221 Å². The third kappa shape index (κ3) is 4.46. The Morgan fingerprint density at radius 3 is 2.76 bits per heavy atom. The zero-order valence-corrected chi connectivity index (χ0v) is 22.1. The van der Waals surface area contributed by atoms with Crippen LogP contribution in [0, 0.1) is 11.3 Å². The van der Waals surface area contributed by atoms with E-state index in [0.717, 1.165) is 26.2 Å². The molecule has 4 N–H and O–H groups in total. The summed E-state index contributed by atoms with van der Waals surface area (Å²) in [6, 6.07) is 13.6. The molecule has 5 rings (SSSR count). The Kier molecular flexibility index (Phi) is 6.12. The van der Waals surface area contributed by atoms with Gasteiger partial charge in [0, 0.05) is 33.8 Å². The second-order valence-corrected chi connectivity index (χ2v) is 10.8. The van der Waals surface area contributed by atoms with Crippen LogP contribution >= 0.6 is 11.3 Å². The summed E-state index contributed by atoms with van der Waals surface area (Å²) in [5, 5.41) is 25.4. The fraction of sp³-hybridized carbons (Fsp3) is 0.222. The number of hydrogen-bond acceptors (Lipinski definition) is 8. The Bertz CT molecular complexity index is 1820. The quantitative estimate of drug-likeness (QED) is 0.287. The van der Waals surface area contributed by atoms with Crippen LogP contribution in [0.15, 0.2) is 47.4 Å². The Morgan fingerprint density at radius 1 is 1.26 bits per heavy atom. The fourth-order valence-corrected chi connectivity index (χ4v) is 5.62. The van der Waals surface area contributed by atoms with E-state index in [1.165, 1.54) is 11.3 Å². The highest BCUT2D eigenvalue weighted by Crippen LogP contribution is 2.43. The first-order valence-corrected chi connectivity index (χ1v) is 12.6. The van der Waals surface area contributed by atoms with Crippen LogP contribution in [0.1, 0.15) is 32.0 Å². The van der Waals surface area contributed by atoms with Gasteiger partial charge in [-0.2, -0.15) is 15.5 Å². The molecule has 0 unspecified atom stereocenters. The molecule has 38 heavy (non-hydrogen) atoms. The number of nitrogens with zero attached hydrogens (tertiary/aromatic N) is 4. The molecule has 3 heterocycles. The molecule has 0 bridgehead atoms. The maximum atomic E-state index is 12.6. The van der Waals surface area contributed by atoms with E-state index in [2.05, 4.69) is 26.7 Å². The van der Waals surface area contributed by atoms with Crippen molar-refractivity contribution in [1.82, 2.24) is 25.3 Å². The zero-order chi connectivity index (χ0) is 27.2. The highest BCUT2D eigenvalue weighted by Gasteiger charge is 2.23. The number of aromatic nitrogens is 4. The third-order valence-corrected chi connectivity index (χ3v) is 7.15. The molecule has 0 aliphatic heterocycles. The second kappa shape index (κ2) is 9.32. The van der Waals surface area contributed by atoms with Gasteiger partial charge in [-0.15, -0.1) is 11.3 Å². The number of carbonyl (C=O) groups excluding carboxylic acids is 1. The number of hydrogen-bond donors (Lipinski definition) is 3. The van der Waals surface area contributed by atoms with Crippen molar-refractivity contribution >= 4 is 44.0 Å². The Balaban J connectivity index is 1.64. The van der Waals surface area contributed by atoms with Gasteiger partial charge >= 0.3 is 6.09 Å². The number of amides is 1. The molecule has 0 aliphatic carbocycles. The van der Waals surface area contributed by atoms with Crippen molar-refractivity contribution in [3.63, 3.8) is 0 Å². The smallest absolute Gasteiger partial charge is 0.407 e. The highest BCUT2D eigenvalue weighted by atomic mass is 32.1. The summed E-state index contributed by atoms with van der Waals surface area (Å²) in [7, 11) is 1.82. The van der Waals surface area contributed by atoms with Crippen molar-refractivity contribution in [1.29, 1.82) is 5.26 Å². The SMILES string of the molecule is Cn1ncc(-c2cc(N)c3c(=O)[nH]nc(CNC(=O)OC(C)(C)C)c3c2)c1-c1sc2ccccc2c1C#N. The molecule has 5 aromatic rings. The number of fused-ring (bicyclic) bond motifs is 2. The third-order valence-electron chi connectivity index (χ3n) is 5.97. The van der Waals surface area contributed by atoms with Crippen LogP contribution in [0.5, 0.6) is 0 Å². The van der Waals surface area contributed by atoms with Gasteiger partial charge in [-0.25, -0.2) is 9.89 Å². The number of alkyl carbamates (subject to hydrolysis) is 1. The molecule has 0 saturated heterocycles. The molecular formula is C27H25N7O3S. The number of carbonyl (C=O) groups is 1. The standard InChI is InChI=1S/C27H25N7O3S/c1-27(2,3)37-26(36)30-13-20-16-9-14(10-19(29)22(16)25(35)33-32-20)18-12-31-34(4)23(18)24-17(11-28)15-7-5-6-8-21(15)38-24/h5-10,12H,13,29H2,1-4H3,(H,30,36)(H,33,35). The summed E-state index contributed by atoms with van der Waals surface area (Å²) in [6.07, 6.45) is 1.10. The van der Waals surface area contributed by atoms with E-state index < -0.39 is 17.3 Å². The van der Waals surface area contributed by atoms with Gasteiger partial charge in [0.25, 0.3) is 5.56 Å². The van der Waals surface area contributed by atoms with Crippen molar-refractivity contribution in [2.75, 3.05) is 5.73 Å². The summed E-state index contributed by atoms with van der Waals surface area (Å²) in [6.45, 7) is 5.33. The van der Waals surface area contributed by atoms with E-state index >= 15 is 0 Å². The number of ether oxygens (including phenoxy) is 1. The van der Waals surface area contributed by atoms with Gasteiger partial charge in [-0.3, -0.25) is 9.48 Å². The van der Waals surface area contributed by atoms with E-state index in [1.54, 1.807) is 43.8 Å². The molecule has 0 saturated carbocycles. The maximum Gasteiger partial charge on any atom is 0.407 e. The van der Waals surface area contributed by atoms with Crippen molar-refractivity contribution in [3.05, 3.63) is 64.2 Å². The number of nitriles is 1. The molecule has 10 nitrogen and oxygen atoms in total. The average molecular weight is 528 g/mol. The first kappa shape index (κ1) is 25.0. The van der Waals surface area contributed by atoms with Gasteiger partial charge in [-0.1, -0.05) is 18.2 Å². The summed E-state index contributed by atoms with van der Waals surface area (Å²) < 4.78 is 8.04. The number of nitrogens with two attached hydrogens (primary N) is 1. The minimum Gasteiger partial charge on any atom is -0.444 e. The molecule has 0 spiro atoms. The van der Waals surface area contributed by atoms with Crippen molar-refractivity contribution in [2.45, 2.75) is 32.9 Å². The van der Waals surface area contributed by atoms with Crippen molar-refractivity contribution in [2.24, 2.45) is 7.05 Å². The number of aromatic amines is 1. The lowest BCUT2D eigenvalue weighted by atomic mass is 9.98. The van der Waals surface area contributed by atoms with E-state index in [4.69, 9.17) is 10.5 Å². The van der Waals surface area contributed by atoms with E-state index in [-0.39, 0.29) is 17.6 Å². The van der Waals surface area contributed by atoms with Gasteiger partial charge in [0.1, 0.15) is 11.7 Å². The molecule has 11 heteroatoms. The lowest BCUT2D eigenvalue weighted by Crippen LogP contribution is -2.32. The number of benzene rings is 2. The number of nitrogen functional groups attached to an aromatic ring is 1. The van der Waals surface area contributed by atoms with Gasteiger partial charge in [0.05, 0.1) is 40.0 Å². The molecule has 0 aliphatic rings. The molecular weight excluding hydrogens is 502 g/mol. The number of aryl methyl sites for hydroxylation is 1. The summed E-state index contributed by atoms with van der Waals surface area (Å²) in [4.78, 5) is 25.7. The van der Waals surface area contributed by atoms with E-state index in [0.29, 0.717) is 22.2 Å². The van der Waals surface area contributed by atoms with Gasteiger partial charge in [0.2, 0.25) is 0 Å². The molecule has 1 amide bonds. The second-order valence-electron chi connectivity index (χ2n) is 9.79. The summed E-state index contributed by atoms with van der Waals surface area (Å²) in [5.74, 6) is 0. The first-order chi connectivity index (χ1) is 18.1. The minimum atomic E-state index is -0.659. The topological polar surface area (TPSA) is 152 Å². The summed E-state index contributed by atoms with van der Waals surface area (Å²) in [5.41, 5.74) is 8.74. The Hall–Kier alpha value is -4.69. The molecule has 192 valence electrons. The van der Waals surface area contributed by atoms with Crippen LogP contribution in [-0.2, 0) is 18.3 Å². The normalized spacial score (nSPS) is 11.6. The van der Waals surface area contributed by atoms with Crippen LogP contribution in [-0.4, -0.2) is 31.7 Å². The van der Waals surface area contributed by atoms with Crippen molar-refractivity contribution in [3.8, 4) is 27.8 Å². The number of anilines is 1. The fourth-order valence-electron chi connectivity index (χ4n) is 4.38. The van der Waals surface area contributed by atoms with Crippen LogP contribution in [0.4, 0.5) is 10.5 Å². The number of nitrogens with one attached hydrogen (secondary N) is 2. The maximum absolute atomic E-state index is 12.6. The monoisotopic (exact) mass is 527 g/mol. The largest absolute Gasteiger partial charge is 0.444 e. The lowest BCUT2D eigenvalue weighted by molar-refractivity contribution is 0.0523. The average Bonchev–Trinajstić information content (AvgIpc) is 3.41. The predicted molar refractivity (Wildman–Crippen MR) is 148 cm³/mol. The molecule has 3 aromatic heterocycles. The van der Waals surface area contributed by atoms with Crippen LogP contribution < -0.4 is 16.6 Å². The highest BCUT2D eigenvalue weighted by molar-refractivity contribution is 7.22. The lowest BCUT2D eigenvalue weighted by Gasteiger charge is -2.19. The van der Waals surface area contributed by atoms with Gasteiger partial charge in [-0.05, 0) is 44.5 Å². The van der Waals surface area contributed by atoms with E-state index in [1.807, 2.05) is 31.3 Å². The summed E-state index contributed by atoms with van der Waals surface area (Å²) >= 11 is 1.52. The number of rotatable bonds is 4. The van der Waals surface area contributed by atoms with Gasteiger partial charge in [0.15, 0.2) is 0 Å². The molecule has 2 aromatic carbocycles. The van der Waals surface area contributed by atoms with Crippen LogP contribution in [0.25, 0.3) is 42.6 Å². The molecule has 0 fully saturated rings. The minimum absolute atomic E-state index is 0.0138. The van der Waals surface area contributed by atoms with Crippen molar-refractivity contribution < 1.29 is 9.53 Å². The molecule has 0 atom stereocenters. The first-order valence-electron chi connectivity index (χ1n) is 11.8. The molecule has 0 radical (unpaired) electrons. The number of thiophene rings is 1. The van der Waals surface area contributed by atoms with Crippen LogP contribution in [0.2, 0.25) is 0 Å².